The fourth-order valence-electron chi connectivity index (χ4n) is 2.78. The summed E-state index contributed by atoms with van der Waals surface area (Å²) in [6.07, 6.45) is 0. The molecule has 2 atom stereocenters. The molecule has 118 valence electrons. The van der Waals surface area contributed by atoms with Crippen LogP contribution in [0.4, 0.5) is 5.69 Å². The van der Waals surface area contributed by atoms with Crippen molar-refractivity contribution in [3.8, 4) is 0 Å². The molecule has 0 radical (unpaired) electrons. The number of anilines is 1. The first kappa shape index (κ1) is 16.0. The van der Waals surface area contributed by atoms with Gasteiger partial charge >= 0.3 is 0 Å². The number of aryl methyl sites for hydroxylation is 1. The number of benzene rings is 1. The molecule has 2 saturated heterocycles. The van der Waals surface area contributed by atoms with Crippen molar-refractivity contribution in [3.63, 3.8) is 0 Å². The van der Waals surface area contributed by atoms with Crippen molar-refractivity contribution in [3.05, 3.63) is 28.2 Å². The highest BCUT2D eigenvalue weighted by Gasteiger charge is 2.49. The molecule has 1 aromatic rings. The number of amidine groups is 1. The van der Waals surface area contributed by atoms with Crippen LogP contribution < -0.4 is 4.90 Å². The van der Waals surface area contributed by atoms with Crippen LogP contribution in [0.5, 0.6) is 0 Å². The Bertz CT molecular complexity index is 776. The van der Waals surface area contributed by atoms with Gasteiger partial charge in [-0.15, -0.1) is 0 Å². The van der Waals surface area contributed by atoms with E-state index in [2.05, 4.69) is 20.9 Å². The molecule has 0 N–H and O–H groups in total. The summed E-state index contributed by atoms with van der Waals surface area (Å²) in [5.41, 5.74) is 1.92. The van der Waals surface area contributed by atoms with Gasteiger partial charge in [0.05, 0.1) is 17.5 Å². The van der Waals surface area contributed by atoms with E-state index in [1.54, 1.807) is 0 Å². The maximum atomic E-state index is 11.9. The zero-order chi connectivity index (χ0) is 16.1. The maximum absolute atomic E-state index is 11.9. The van der Waals surface area contributed by atoms with Gasteiger partial charge in [0.15, 0.2) is 15.0 Å². The molecule has 0 aromatic heterocycles. The van der Waals surface area contributed by atoms with Crippen LogP contribution in [-0.4, -0.2) is 42.3 Å². The van der Waals surface area contributed by atoms with Gasteiger partial charge in [0.25, 0.3) is 0 Å². The first-order valence-corrected chi connectivity index (χ1v) is 10.3. The minimum absolute atomic E-state index is 0.0629. The lowest BCUT2D eigenvalue weighted by Gasteiger charge is -2.25. The van der Waals surface area contributed by atoms with E-state index < -0.39 is 9.84 Å². The average Bonchev–Trinajstić information content (AvgIpc) is 2.83. The van der Waals surface area contributed by atoms with E-state index in [0.29, 0.717) is 5.17 Å². The molecule has 2 heterocycles. The summed E-state index contributed by atoms with van der Waals surface area (Å²) in [5, 5.41) is 0.533. The Kier molecular flexibility index (Phi) is 4.11. The lowest BCUT2D eigenvalue weighted by atomic mass is 10.1. The highest BCUT2D eigenvalue weighted by Crippen LogP contribution is 2.41. The second-order valence-corrected chi connectivity index (χ2v) is 9.73. The number of thioether (sulfide) groups is 1. The molecular formula is C14H15BrN2O3S2. The SMILES string of the molecule is CC(=O)N=C1S[C@H]2CS(=O)(=O)C[C@@H]2N1c1ccc(Br)c(C)c1. The van der Waals surface area contributed by atoms with Crippen LogP contribution in [0.1, 0.15) is 12.5 Å². The quantitative estimate of drug-likeness (QED) is 0.721. The number of rotatable bonds is 1. The van der Waals surface area contributed by atoms with Crippen LogP contribution in [0.3, 0.4) is 0 Å². The number of carbonyl (C=O) groups excluding carboxylic acids is 1. The minimum atomic E-state index is -3.03. The summed E-state index contributed by atoms with van der Waals surface area (Å²) < 4.78 is 24.8. The van der Waals surface area contributed by atoms with Gasteiger partial charge in [-0.25, -0.2) is 8.42 Å². The molecule has 0 aliphatic carbocycles. The van der Waals surface area contributed by atoms with E-state index in [0.717, 1.165) is 15.7 Å². The summed E-state index contributed by atoms with van der Waals surface area (Å²) in [6.45, 7) is 3.38. The summed E-state index contributed by atoms with van der Waals surface area (Å²) in [7, 11) is -3.03. The smallest absolute Gasteiger partial charge is 0.244 e. The van der Waals surface area contributed by atoms with Gasteiger partial charge in [-0.05, 0) is 30.7 Å². The normalized spacial score (nSPS) is 28.1. The Morgan fingerprint density at radius 2 is 2.14 bits per heavy atom. The Hall–Kier alpha value is -0.860. The predicted molar refractivity (Wildman–Crippen MR) is 93.3 cm³/mol. The lowest BCUT2D eigenvalue weighted by Crippen LogP contribution is -2.37. The second kappa shape index (κ2) is 5.65. The third-order valence-corrected chi connectivity index (χ3v) is 7.84. The van der Waals surface area contributed by atoms with Gasteiger partial charge in [-0.1, -0.05) is 27.7 Å². The first-order valence-electron chi connectivity index (χ1n) is 6.78. The van der Waals surface area contributed by atoms with Gasteiger partial charge in [0.2, 0.25) is 5.91 Å². The Morgan fingerprint density at radius 3 is 2.77 bits per heavy atom. The fourth-order valence-corrected chi connectivity index (χ4v) is 6.98. The Labute approximate surface area is 142 Å². The molecule has 2 aliphatic rings. The minimum Gasteiger partial charge on any atom is -0.316 e. The molecule has 3 rings (SSSR count). The van der Waals surface area contributed by atoms with E-state index in [9.17, 15) is 13.2 Å². The van der Waals surface area contributed by atoms with E-state index in [1.807, 2.05) is 30.0 Å². The van der Waals surface area contributed by atoms with Crippen LogP contribution in [0.2, 0.25) is 0 Å². The largest absolute Gasteiger partial charge is 0.316 e. The van der Waals surface area contributed by atoms with Crippen molar-refractivity contribution in [1.29, 1.82) is 0 Å². The number of nitrogens with zero attached hydrogens (tertiary/aromatic N) is 2. The van der Waals surface area contributed by atoms with Gasteiger partial charge in [-0.3, -0.25) is 4.79 Å². The molecule has 22 heavy (non-hydrogen) atoms. The van der Waals surface area contributed by atoms with Gasteiger partial charge in [0.1, 0.15) is 0 Å². The molecule has 1 amide bonds. The maximum Gasteiger partial charge on any atom is 0.244 e. The number of fused-ring (bicyclic) bond motifs is 1. The highest BCUT2D eigenvalue weighted by atomic mass is 79.9. The van der Waals surface area contributed by atoms with Crippen LogP contribution in [0, 0.1) is 6.92 Å². The summed E-state index contributed by atoms with van der Waals surface area (Å²) >= 11 is 4.85. The number of amides is 1. The zero-order valence-corrected chi connectivity index (χ0v) is 15.3. The van der Waals surface area contributed by atoms with Crippen LogP contribution >= 0.6 is 27.7 Å². The number of hydrogen-bond donors (Lipinski definition) is 0. The van der Waals surface area contributed by atoms with Crippen molar-refractivity contribution >= 4 is 54.3 Å². The first-order chi connectivity index (χ1) is 10.3. The molecule has 0 bridgehead atoms. The molecule has 8 heteroatoms. The fraction of sp³-hybridized carbons (Fsp3) is 0.429. The molecule has 2 fully saturated rings. The van der Waals surface area contributed by atoms with E-state index >= 15 is 0 Å². The van der Waals surface area contributed by atoms with E-state index in [4.69, 9.17) is 0 Å². The topological polar surface area (TPSA) is 66.8 Å². The molecule has 0 saturated carbocycles. The van der Waals surface area contributed by atoms with E-state index in [1.165, 1.54) is 18.7 Å². The van der Waals surface area contributed by atoms with Crippen LogP contribution in [0.15, 0.2) is 27.7 Å². The van der Waals surface area contributed by atoms with Crippen molar-refractivity contribution in [2.24, 2.45) is 4.99 Å². The number of sulfone groups is 1. The number of hydrogen-bond acceptors (Lipinski definition) is 4. The van der Waals surface area contributed by atoms with Crippen LogP contribution in [-0.2, 0) is 14.6 Å². The van der Waals surface area contributed by atoms with Crippen molar-refractivity contribution in [2.75, 3.05) is 16.4 Å². The van der Waals surface area contributed by atoms with Crippen molar-refractivity contribution in [1.82, 2.24) is 0 Å². The third kappa shape index (κ3) is 2.96. The van der Waals surface area contributed by atoms with Crippen molar-refractivity contribution in [2.45, 2.75) is 25.1 Å². The summed E-state index contributed by atoms with van der Waals surface area (Å²) in [4.78, 5) is 17.4. The molecule has 5 nitrogen and oxygen atoms in total. The standard InChI is InChI=1S/C14H15BrN2O3S2/c1-8-5-10(3-4-11(8)15)17-12-6-22(19,20)7-13(12)21-14(17)16-9(2)18/h3-5,12-13H,6-7H2,1-2H3/t12-,13-/m0/s1. The number of halogens is 1. The van der Waals surface area contributed by atoms with Crippen LogP contribution in [0.25, 0.3) is 0 Å². The average molecular weight is 403 g/mol. The molecule has 0 spiro atoms. The van der Waals surface area contributed by atoms with Gasteiger partial charge < -0.3 is 4.90 Å². The summed E-state index contributed by atoms with van der Waals surface area (Å²) in [6, 6.07) is 5.67. The molecule has 0 unspecified atom stereocenters. The zero-order valence-electron chi connectivity index (χ0n) is 12.1. The van der Waals surface area contributed by atoms with Gasteiger partial charge in [-0.2, -0.15) is 4.99 Å². The summed E-state index contributed by atoms with van der Waals surface area (Å²) in [5.74, 6) is -0.0220. The Balaban J connectivity index is 2.06. The highest BCUT2D eigenvalue weighted by molar-refractivity contribution is 9.10. The number of carbonyl (C=O) groups is 1. The predicted octanol–water partition coefficient (Wildman–Crippen LogP) is 2.38. The van der Waals surface area contributed by atoms with E-state index in [-0.39, 0.29) is 28.7 Å². The van der Waals surface area contributed by atoms with Gasteiger partial charge in [0, 0.05) is 22.3 Å². The molecular weight excluding hydrogens is 388 g/mol. The number of aliphatic imine (C=N–C) groups is 1. The molecule has 1 aromatic carbocycles. The second-order valence-electron chi connectivity index (χ2n) is 5.52. The van der Waals surface area contributed by atoms with Crippen molar-refractivity contribution < 1.29 is 13.2 Å². The Morgan fingerprint density at radius 1 is 1.41 bits per heavy atom. The third-order valence-electron chi connectivity index (χ3n) is 3.74. The monoisotopic (exact) mass is 402 g/mol. The molecule has 2 aliphatic heterocycles. The lowest BCUT2D eigenvalue weighted by molar-refractivity contribution is -0.115.